The average molecular weight is 278 g/mol. The third kappa shape index (κ3) is 3.12. The SMILES string of the molecule is Cc1cc(F)c(F)cc1OCc1cccc(C(=O)O)c1. The molecule has 1 N–H and O–H groups in total. The summed E-state index contributed by atoms with van der Waals surface area (Å²) >= 11 is 0. The molecule has 0 saturated heterocycles. The molecule has 0 radical (unpaired) electrons. The van der Waals surface area contributed by atoms with E-state index in [-0.39, 0.29) is 17.9 Å². The fourth-order valence-electron chi connectivity index (χ4n) is 1.74. The third-order valence-corrected chi connectivity index (χ3v) is 2.79. The number of carboxylic acid groups (broad SMARTS) is 1. The summed E-state index contributed by atoms with van der Waals surface area (Å²) in [6.45, 7) is 1.68. The van der Waals surface area contributed by atoms with Crippen LogP contribution < -0.4 is 4.74 Å². The van der Waals surface area contributed by atoms with E-state index in [1.165, 1.54) is 12.1 Å². The molecule has 0 unspecified atom stereocenters. The van der Waals surface area contributed by atoms with E-state index in [1.807, 2.05) is 0 Å². The molecule has 0 atom stereocenters. The molecular weight excluding hydrogens is 266 g/mol. The van der Waals surface area contributed by atoms with Crippen molar-refractivity contribution >= 4 is 5.97 Å². The summed E-state index contributed by atoms with van der Waals surface area (Å²) < 4.78 is 31.5. The Morgan fingerprint density at radius 1 is 1.20 bits per heavy atom. The lowest BCUT2D eigenvalue weighted by molar-refractivity contribution is 0.0696. The molecule has 0 bridgehead atoms. The van der Waals surface area contributed by atoms with Gasteiger partial charge in [0, 0.05) is 6.07 Å². The Bertz CT molecular complexity index is 654. The average Bonchev–Trinajstić information content (AvgIpc) is 2.41. The summed E-state index contributed by atoms with van der Waals surface area (Å²) in [7, 11) is 0. The normalized spacial score (nSPS) is 10.3. The highest BCUT2D eigenvalue weighted by Crippen LogP contribution is 2.22. The van der Waals surface area contributed by atoms with Crippen LogP contribution >= 0.6 is 0 Å². The molecule has 3 nitrogen and oxygen atoms in total. The largest absolute Gasteiger partial charge is 0.489 e. The predicted octanol–water partition coefficient (Wildman–Crippen LogP) is 3.55. The second-order valence-corrected chi connectivity index (χ2v) is 4.33. The first kappa shape index (κ1) is 14.0. The Morgan fingerprint density at radius 2 is 1.90 bits per heavy atom. The lowest BCUT2D eigenvalue weighted by atomic mass is 10.1. The van der Waals surface area contributed by atoms with E-state index in [0.29, 0.717) is 11.1 Å². The Hall–Kier alpha value is -2.43. The van der Waals surface area contributed by atoms with Crippen molar-refractivity contribution in [3.05, 3.63) is 64.7 Å². The van der Waals surface area contributed by atoms with Crippen LogP contribution in [-0.2, 0) is 6.61 Å². The van der Waals surface area contributed by atoms with Crippen LogP contribution in [-0.4, -0.2) is 11.1 Å². The minimum atomic E-state index is -1.03. The van der Waals surface area contributed by atoms with Crippen molar-refractivity contribution in [2.45, 2.75) is 13.5 Å². The number of carboxylic acids is 1. The Morgan fingerprint density at radius 3 is 2.60 bits per heavy atom. The van der Waals surface area contributed by atoms with Crippen LogP contribution in [0.5, 0.6) is 5.75 Å². The molecule has 0 saturated carbocycles. The van der Waals surface area contributed by atoms with Crippen molar-refractivity contribution in [1.82, 2.24) is 0 Å². The fourth-order valence-corrected chi connectivity index (χ4v) is 1.74. The van der Waals surface area contributed by atoms with E-state index in [2.05, 4.69) is 0 Å². The molecule has 0 heterocycles. The second-order valence-electron chi connectivity index (χ2n) is 4.33. The number of aryl methyl sites for hydroxylation is 1. The number of aromatic carboxylic acids is 1. The van der Waals surface area contributed by atoms with Gasteiger partial charge in [0.25, 0.3) is 0 Å². The van der Waals surface area contributed by atoms with Crippen LogP contribution in [0.1, 0.15) is 21.5 Å². The number of rotatable bonds is 4. The Labute approximate surface area is 114 Å². The van der Waals surface area contributed by atoms with Gasteiger partial charge in [-0.1, -0.05) is 12.1 Å². The molecule has 0 aliphatic carbocycles. The van der Waals surface area contributed by atoms with Crippen molar-refractivity contribution in [3.63, 3.8) is 0 Å². The molecule has 0 aliphatic heterocycles. The van der Waals surface area contributed by atoms with Crippen LogP contribution in [0.4, 0.5) is 8.78 Å². The molecule has 5 heteroatoms. The van der Waals surface area contributed by atoms with Crippen molar-refractivity contribution in [1.29, 1.82) is 0 Å². The van der Waals surface area contributed by atoms with Gasteiger partial charge in [0.15, 0.2) is 11.6 Å². The molecule has 0 amide bonds. The fraction of sp³-hybridized carbons (Fsp3) is 0.133. The van der Waals surface area contributed by atoms with Crippen LogP contribution in [0.3, 0.4) is 0 Å². The first-order chi connectivity index (χ1) is 9.47. The number of hydrogen-bond donors (Lipinski definition) is 1. The van der Waals surface area contributed by atoms with Crippen molar-refractivity contribution in [2.75, 3.05) is 0 Å². The number of ether oxygens (including phenoxy) is 1. The van der Waals surface area contributed by atoms with Gasteiger partial charge in [0.1, 0.15) is 12.4 Å². The zero-order valence-electron chi connectivity index (χ0n) is 10.7. The zero-order valence-corrected chi connectivity index (χ0v) is 10.7. The predicted molar refractivity (Wildman–Crippen MR) is 68.8 cm³/mol. The topological polar surface area (TPSA) is 46.5 Å². The zero-order chi connectivity index (χ0) is 14.7. The molecule has 0 aliphatic rings. The van der Waals surface area contributed by atoms with Gasteiger partial charge in [-0.2, -0.15) is 0 Å². The number of benzene rings is 2. The van der Waals surface area contributed by atoms with E-state index >= 15 is 0 Å². The molecule has 20 heavy (non-hydrogen) atoms. The van der Waals surface area contributed by atoms with Crippen LogP contribution in [0, 0.1) is 18.6 Å². The standard InChI is InChI=1S/C15H12F2O3/c1-9-5-12(16)13(17)7-14(9)20-8-10-3-2-4-11(6-10)15(18)19/h2-7H,8H2,1H3,(H,18,19). The molecule has 2 aromatic rings. The van der Waals surface area contributed by atoms with Gasteiger partial charge in [-0.3, -0.25) is 0 Å². The van der Waals surface area contributed by atoms with Gasteiger partial charge >= 0.3 is 5.97 Å². The lowest BCUT2D eigenvalue weighted by Gasteiger charge is -2.10. The van der Waals surface area contributed by atoms with E-state index in [1.54, 1.807) is 19.1 Å². The molecule has 0 spiro atoms. The second kappa shape index (κ2) is 5.69. The maximum Gasteiger partial charge on any atom is 0.335 e. The molecule has 0 aromatic heterocycles. The van der Waals surface area contributed by atoms with Crippen molar-refractivity contribution in [2.24, 2.45) is 0 Å². The van der Waals surface area contributed by atoms with Gasteiger partial charge in [0.05, 0.1) is 5.56 Å². The maximum absolute atomic E-state index is 13.1. The van der Waals surface area contributed by atoms with E-state index in [4.69, 9.17) is 9.84 Å². The van der Waals surface area contributed by atoms with E-state index < -0.39 is 17.6 Å². The van der Waals surface area contributed by atoms with Gasteiger partial charge in [-0.25, -0.2) is 13.6 Å². The van der Waals surface area contributed by atoms with Gasteiger partial charge < -0.3 is 9.84 Å². The minimum absolute atomic E-state index is 0.0764. The highest BCUT2D eigenvalue weighted by Gasteiger charge is 2.09. The summed E-state index contributed by atoms with van der Waals surface area (Å²) in [6, 6.07) is 8.26. The summed E-state index contributed by atoms with van der Waals surface area (Å²) in [5.74, 6) is -2.71. The van der Waals surface area contributed by atoms with Crippen molar-refractivity contribution in [3.8, 4) is 5.75 Å². The van der Waals surface area contributed by atoms with Crippen LogP contribution in [0.15, 0.2) is 36.4 Å². The molecule has 104 valence electrons. The number of hydrogen-bond acceptors (Lipinski definition) is 2. The lowest BCUT2D eigenvalue weighted by Crippen LogP contribution is -2.01. The first-order valence-corrected chi connectivity index (χ1v) is 5.88. The smallest absolute Gasteiger partial charge is 0.335 e. The van der Waals surface area contributed by atoms with E-state index in [0.717, 1.165) is 12.1 Å². The molecule has 2 aromatic carbocycles. The summed E-state index contributed by atoms with van der Waals surface area (Å²) in [4.78, 5) is 10.8. The van der Waals surface area contributed by atoms with Gasteiger partial charge in [0.2, 0.25) is 0 Å². The molecule has 2 rings (SSSR count). The monoisotopic (exact) mass is 278 g/mol. The van der Waals surface area contributed by atoms with E-state index in [9.17, 15) is 13.6 Å². The Balaban J connectivity index is 2.15. The summed E-state index contributed by atoms with van der Waals surface area (Å²) in [6.07, 6.45) is 0. The third-order valence-electron chi connectivity index (χ3n) is 2.79. The Kier molecular flexibility index (Phi) is 3.98. The van der Waals surface area contributed by atoms with Gasteiger partial charge in [-0.05, 0) is 36.2 Å². The minimum Gasteiger partial charge on any atom is -0.489 e. The highest BCUT2D eigenvalue weighted by molar-refractivity contribution is 5.87. The maximum atomic E-state index is 13.1. The number of carbonyl (C=O) groups is 1. The first-order valence-electron chi connectivity index (χ1n) is 5.88. The van der Waals surface area contributed by atoms with Crippen molar-refractivity contribution < 1.29 is 23.4 Å². The van der Waals surface area contributed by atoms with Crippen LogP contribution in [0.2, 0.25) is 0 Å². The molecular formula is C15H12F2O3. The van der Waals surface area contributed by atoms with Gasteiger partial charge in [-0.15, -0.1) is 0 Å². The quantitative estimate of drug-likeness (QED) is 0.930. The molecule has 0 fully saturated rings. The summed E-state index contributed by atoms with van der Waals surface area (Å²) in [5, 5.41) is 8.87. The highest BCUT2D eigenvalue weighted by atomic mass is 19.2. The number of halogens is 2. The summed E-state index contributed by atoms with van der Waals surface area (Å²) in [5.41, 5.74) is 1.25. The van der Waals surface area contributed by atoms with Crippen LogP contribution in [0.25, 0.3) is 0 Å².